The third kappa shape index (κ3) is 3.80. The van der Waals surface area contributed by atoms with Gasteiger partial charge in [0, 0.05) is 11.8 Å². The first-order valence-corrected chi connectivity index (χ1v) is 12.7. The van der Waals surface area contributed by atoms with E-state index in [0.717, 1.165) is 70.9 Å². The zero-order chi connectivity index (χ0) is 21.6. The lowest BCUT2D eigenvalue weighted by atomic mass is 9.47. The van der Waals surface area contributed by atoms with Crippen molar-refractivity contribution in [3.05, 3.63) is 11.6 Å². The monoisotopic (exact) mass is 430 g/mol. The highest BCUT2D eigenvalue weighted by molar-refractivity contribution is 5.91. The van der Waals surface area contributed by atoms with Crippen LogP contribution in [0.4, 0.5) is 0 Å². The van der Waals surface area contributed by atoms with Crippen LogP contribution in [0.1, 0.15) is 71.6 Å². The van der Waals surface area contributed by atoms with Crippen LogP contribution in [0, 0.1) is 28.6 Å². The molecule has 1 N–H and O–H groups in total. The normalized spacial score (nSPS) is 42.9. The highest BCUT2D eigenvalue weighted by Gasteiger charge is 2.59. The summed E-state index contributed by atoms with van der Waals surface area (Å²) in [6.45, 7) is 9.32. The fourth-order valence-corrected chi connectivity index (χ4v) is 8.11. The molecule has 3 saturated carbocycles. The Labute approximate surface area is 186 Å². The summed E-state index contributed by atoms with van der Waals surface area (Å²) in [6, 6.07) is 0. The number of ether oxygens (including phenoxy) is 2. The average Bonchev–Trinajstić information content (AvgIpc) is 3.10. The van der Waals surface area contributed by atoms with Crippen molar-refractivity contribution in [3.8, 4) is 0 Å². The lowest BCUT2D eigenvalue weighted by Crippen LogP contribution is -3.14. The Morgan fingerprint density at radius 1 is 1.10 bits per heavy atom. The molecule has 0 aromatic rings. The third-order valence-electron chi connectivity index (χ3n) is 10.0. The molecule has 5 heteroatoms. The summed E-state index contributed by atoms with van der Waals surface area (Å²) >= 11 is 0. The molecule has 0 unspecified atom stereocenters. The van der Waals surface area contributed by atoms with E-state index in [9.17, 15) is 9.59 Å². The van der Waals surface area contributed by atoms with Crippen LogP contribution < -0.4 is 4.90 Å². The van der Waals surface area contributed by atoms with Gasteiger partial charge in [0.15, 0.2) is 5.78 Å². The van der Waals surface area contributed by atoms with Crippen LogP contribution in [0.15, 0.2) is 11.6 Å². The largest absolute Gasteiger partial charge is 0.462 e. The highest BCUT2D eigenvalue weighted by Crippen LogP contribution is 2.65. The Bertz CT molecular complexity index is 757. The molecule has 0 aromatic heterocycles. The molecule has 172 valence electrons. The third-order valence-corrected chi connectivity index (χ3v) is 10.0. The number of fused-ring (bicyclic) bond motifs is 5. The molecule has 0 aromatic carbocycles. The van der Waals surface area contributed by atoms with E-state index in [0.29, 0.717) is 24.0 Å². The fourth-order valence-electron chi connectivity index (χ4n) is 8.11. The van der Waals surface area contributed by atoms with Crippen LogP contribution in [-0.2, 0) is 19.1 Å². The van der Waals surface area contributed by atoms with Crippen molar-refractivity contribution in [1.29, 1.82) is 0 Å². The number of nitrogens with one attached hydrogen (secondary N) is 1. The van der Waals surface area contributed by atoms with E-state index in [1.807, 2.05) is 6.08 Å². The molecule has 1 saturated heterocycles. The van der Waals surface area contributed by atoms with Gasteiger partial charge >= 0.3 is 5.97 Å². The maximum Gasteiger partial charge on any atom is 0.311 e. The lowest BCUT2D eigenvalue weighted by Gasteiger charge is -2.57. The molecule has 5 rings (SSSR count). The maximum absolute atomic E-state index is 12.7. The second kappa shape index (κ2) is 8.30. The van der Waals surface area contributed by atoms with E-state index in [-0.39, 0.29) is 22.9 Å². The minimum absolute atomic E-state index is 0.000362. The van der Waals surface area contributed by atoms with Crippen LogP contribution in [0.25, 0.3) is 0 Å². The topological polar surface area (TPSA) is 57.0 Å². The summed E-state index contributed by atoms with van der Waals surface area (Å²) in [5.74, 6) is 2.40. The van der Waals surface area contributed by atoms with Crippen LogP contribution in [0.2, 0.25) is 0 Å². The van der Waals surface area contributed by atoms with Gasteiger partial charge in [0.05, 0.1) is 26.2 Å². The van der Waals surface area contributed by atoms with Gasteiger partial charge in [-0.25, -0.2) is 0 Å². The van der Waals surface area contributed by atoms with Gasteiger partial charge in [-0.2, -0.15) is 0 Å². The number of ketones is 1. The Morgan fingerprint density at radius 2 is 1.90 bits per heavy atom. The minimum Gasteiger partial charge on any atom is -0.462 e. The van der Waals surface area contributed by atoms with Gasteiger partial charge in [-0.15, -0.1) is 0 Å². The quantitative estimate of drug-likeness (QED) is 0.697. The molecule has 0 amide bonds. The van der Waals surface area contributed by atoms with E-state index in [2.05, 4.69) is 13.8 Å². The summed E-state index contributed by atoms with van der Waals surface area (Å²) < 4.78 is 11.6. The summed E-state index contributed by atoms with van der Waals surface area (Å²) in [7, 11) is 0. The van der Waals surface area contributed by atoms with E-state index < -0.39 is 0 Å². The number of carbonyl (C=O) groups excluding carboxylic acids is 2. The zero-order valence-corrected chi connectivity index (χ0v) is 19.4. The van der Waals surface area contributed by atoms with Crippen LogP contribution in [0.3, 0.4) is 0 Å². The standard InChI is InChI=1S/C26H39NO4/c1-25-10-7-19(28)17-18(25)3-4-20-21-5-6-23(26(21,2)11-8-22(20)25)31-24(29)9-12-27-13-15-30-16-14-27/h17,20-23H,3-16H2,1-2H3/p+1/t20-,21-,22-,23-,25-,26-/m0/s1. The Kier molecular flexibility index (Phi) is 5.79. The van der Waals surface area contributed by atoms with Crippen LogP contribution in [0.5, 0.6) is 0 Å². The molecule has 0 radical (unpaired) electrons. The minimum atomic E-state index is -0.000362. The van der Waals surface area contributed by atoms with Crippen molar-refractivity contribution < 1.29 is 24.0 Å². The Morgan fingerprint density at radius 3 is 2.71 bits per heavy atom. The number of rotatable bonds is 4. The second-order valence-corrected chi connectivity index (χ2v) is 11.4. The van der Waals surface area contributed by atoms with Crippen molar-refractivity contribution in [2.24, 2.45) is 28.6 Å². The van der Waals surface area contributed by atoms with Crippen LogP contribution >= 0.6 is 0 Å². The summed E-state index contributed by atoms with van der Waals surface area (Å²) in [5, 5.41) is 0. The summed E-state index contributed by atoms with van der Waals surface area (Å²) in [4.78, 5) is 26.2. The maximum atomic E-state index is 12.7. The first kappa shape index (κ1) is 21.6. The van der Waals surface area contributed by atoms with Crippen molar-refractivity contribution >= 4 is 11.8 Å². The van der Waals surface area contributed by atoms with Gasteiger partial charge in [-0.3, -0.25) is 9.59 Å². The van der Waals surface area contributed by atoms with Gasteiger partial charge in [-0.05, 0) is 74.2 Å². The number of allylic oxidation sites excluding steroid dienone is 1. The number of esters is 1. The fraction of sp³-hybridized carbons (Fsp3) is 0.846. The smallest absolute Gasteiger partial charge is 0.311 e. The zero-order valence-electron chi connectivity index (χ0n) is 19.4. The molecule has 31 heavy (non-hydrogen) atoms. The number of carbonyl (C=O) groups is 2. The first-order chi connectivity index (χ1) is 14.9. The van der Waals surface area contributed by atoms with E-state index in [1.54, 1.807) is 0 Å². The molecular weight excluding hydrogens is 390 g/mol. The van der Waals surface area contributed by atoms with Gasteiger partial charge < -0.3 is 14.4 Å². The molecule has 4 aliphatic carbocycles. The second-order valence-electron chi connectivity index (χ2n) is 11.4. The first-order valence-electron chi connectivity index (χ1n) is 12.7. The number of quaternary nitrogens is 1. The molecule has 5 aliphatic rings. The number of hydrogen-bond donors (Lipinski definition) is 1. The predicted octanol–water partition coefficient (Wildman–Crippen LogP) is 2.74. The number of hydrogen-bond acceptors (Lipinski definition) is 4. The molecule has 5 nitrogen and oxygen atoms in total. The molecular formula is C26H40NO4+. The molecule has 6 atom stereocenters. The van der Waals surface area contributed by atoms with Crippen molar-refractivity contribution in [2.75, 3.05) is 32.8 Å². The Balaban J connectivity index is 1.23. The van der Waals surface area contributed by atoms with E-state index in [1.165, 1.54) is 29.7 Å². The SMILES string of the molecule is C[C@]12CC[C@H]3[C@@H](CCC4=CC(=O)CC[C@@]43C)[C@@H]1CC[C@@H]2OC(=O)CC[NH+]1CCOCC1. The van der Waals surface area contributed by atoms with Crippen LogP contribution in [-0.4, -0.2) is 50.7 Å². The highest BCUT2D eigenvalue weighted by atomic mass is 16.5. The van der Waals surface area contributed by atoms with Gasteiger partial charge in [0.2, 0.25) is 0 Å². The van der Waals surface area contributed by atoms with Gasteiger partial charge in [-0.1, -0.05) is 19.4 Å². The molecule has 4 fully saturated rings. The summed E-state index contributed by atoms with van der Waals surface area (Å²) in [6.07, 6.45) is 11.2. The van der Waals surface area contributed by atoms with Crippen molar-refractivity contribution in [1.82, 2.24) is 0 Å². The molecule has 1 heterocycles. The average molecular weight is 431 g/mol. The van der Waals surface area contributed by atoms with E-state index in [4.69, 9.17) is 9.47 Å². The van der Waals surface area contributed by atoms with Crippen molar-refractivity contribution in [3.63, 3.8) is 0 Å². The van der Waals surface area contributed by atoms with E-state index >= 15 is 0 Å². The van der Waals surface area contributed by atoms with Gasteiger partial charge in [0.1, 0.15) is 19.2 Å². The van der Waals surface area contributed by atoms with Gasteiger partial charge in [0.25, 0.3) is 0 Å². The summed E-state index contributed by atoms with van der Waals surface area (Å²) in [5.41, 5.74) is 1.78. The molecule has 1 aliphatic heterocycles. The predicted molar refractivity (Wildman–Crippen MR) is 118 cm³/mol. The molecule has 0 spiro atoms. The number of morpholine rings is 1. The molecule has 0 bridgehead atoms. The lowest BCUT2D eigenvalue weighted by molar-refractivity contribution is -0.907. The Hall–Kier alpha value is -1.20. The van der Waals surface area contributed by atoms with Crippen molar-refractivity contribution in [2.45, 2.75) is 77.7 Å².